The molecule has 0 nitrogen and oxygen atoms in total. The summed E-state index contributed by atoms with van der Waals surface area (Å²) >= 11 is 0. The largest absolute Gasteiger partial charge is 0.0622 e. The molecule has 0 heteroatoms. The van der Waals surface area contributed by atoms with E-state index in [4.69, 9.17) is 0 Å². The van der Waals surface area contributed by atoms with E-state index in [9.17, 15) is 0 Å². The Labute approximate surface area is 177 Å². The second-order valence-electron chi connectivity index (χ2n) is 10.9. The lowest BCUT2D eigenvalue weighted by Crippen LogP contribution is -2.27. The van der Waals surface area contributed by atoms with E-state index in [2.05, 4.69) is 116 Å². The second-order valence-corrected chi connectivity index (χ2v) is 10.9. The van der Waals surface area contributed by atoms with Crippen LogP contribution < -0.4 is 0 Å². The van der Waals surface area contributed by atoms with E-state index in [1.54, 1.807) is 0 Å². The fraction of sp³-hybridized carbons (Fsp3) is 0.379. The Balaban J connectivity index is 2.18. The van der Waals surface area contributed by atoms with Gasteiger partial charge in [0.15, 0.2) is 0 Å². The predicted octanol–water partition coefficient (Wildman–Crippen LogP) is 7.92. The molecule has 1 atom stereocenters. The van der Waals surface area contributed by atoms with Gasteiger partial charge in [0.05, 0.1) is 0 Å². The van der Waals surface area contributed by atoms with Crippen LogP contribution in [0.4, 0.5) is 0 Å². The molecule has 0 saturated heterocycles. The van der Waals surface area contributed by atoms with Gasteiger partial charge >= 0.3 is 0 Å². The van der Waals surface area contributed by atoms with E-state index in [0.717, 1.165) is 0 Å². The van der Waals surface area contributed by atoms with Crippen molar-refractivity contribution in [3.8, 4) is 11.1 Å². The first-order valence-corrected chi connectivity index (χ1v) is 10.8. The summed E-state index contributed by atoms with van der Waals surface area (Å²) in [5.74, 6) is 0. The Morgan fingerprint density at radius 1 is 0.690 bits per heavy atom. The quantitative estimate of drug-likeness (QED) is 0.401. The highest BCUT2D eigenvalue weighted by molar-refractivity contribution is 5.87. The van der Waals surface area contributed by atoms with E-state index >= 15 is 0 Å². The minimum absolute atomic E-state index is 0.0920. The molecule has 0 aromatic heterocycles. The first-order chi connectivity index (χ1) is 13.5. The highest BCUT2D eigenvalue weighted by atomic mass is 14.5. The van der Waals surface area contributed by atoms with Crippen LogP contribution in [0.1, 0.15) is 81.8 Å². The molecule has 1 aliphatic carbocycles. The van der Waals surface area contributed by atoms with Crippen LogP contribution in [-0.4, -0.2) is 0 Å². The second kappa shape index (κ2) is 6.33. The van der Waals surface area contributed by atoms with Gasteiger partial charge in [-0.25, -0.2) is 0 Å². The third-order valence-corrected chi connectivity index (χ3v) is 6.76. The summed E-state index contributed by atoms with van der Waals surface area (Å²) in [4.78, 5) is 0. The number of rotatable bonds is 1. The Bertz CT molecular complexity index is 1070. The summed E-state index contributed by atoms with van der Waals surface area (Å²) in [6.45, 7) is 18.9. The normalized spacial score (nSPS) is 18.5. The first kappa shape index (κ1) is 20.0. The minimum Gasteiger partial charge on any atom is -0.0622 e. The van der Waals surface area contributed by atoms with Crippen LogP contribution in [0.25, 0.3) is 11.1 Å². The lowest BCUT2D eigenvalue weighted by molar-refractivity contribution is 0.525. The summed E-state index contributed by atoms with van der Waals surface area (Å²) in [5.41, 5.74) is 11.6. The van der Waals surface area contributed by atoms with Gasteiger partial charge in [0.1, 0.15) is 0 Å². The smallest absolute Gasteiger partial charge is 0.0435 e. The molecule has 150 valence electrons. The van der Waals surface area contributed by atoms with Crippen LogP contribution in [0.3, 0.4) is 0 Å². The molecule has 3 aromatic rings. The standard InChI is InChI=1S/C29H34/c1-19-25-21-16-12-13-17-22(21)29(8,20-14-10-9-11-15-20)23(25)18-24(27(2,3)4)26(19)28(5,6)7/h9-18H,1-8H3. The summed E-state index contributed by atoms with van der Waals surface area (Å²) in [7, 11) is 0. The topological polar surface area (TPSA) is 0 Å². The lowest BCUT2D eigenvalue weighted by atomic mass is 9.68. The van der Waals surface area contributed by atoms with Gasteiger partial charge in [-0.05, 0) is 69.2 Å². The fourth-order valence-electron chi connectivity index (χ4n) is 5.48. The van der Waals surface area contributed by atoms with Crippen molar-refractivity contribution >= 4 is 0 Å². The monoisotopic (exact) mass is 382 g/mol. The molecule has 0 bridgehead atoms. The van der Waals surface area contributed by atoms with Gasteiger partial charge in [-0.3, -0.25) is 0 Å². The maximum absolute atomic E-state index is 2.54. The van der Waals surface area contributed by atoms with Crippen LogP contribution >= 0.6 is 0 Å². The Morgan fingerprint density at radius 2 is 1.28 bits per heavy atom. The molecule has 0 saturated carbocycles. The van der Waals surface area contributed by atoms with Crippen molar-refractivity contribution in [2.75, 3.05) is 0 Å². The lowest BCUT2D eigenvalue weighted by Gasteiger charge is -2.35. The highest BCUT2D eigenvalue weighted by Crippen LogP contribution is 2.56. The van der Waals surface area contributed by atoms with E-state index in [1.807, 2.05) is 0 Å². The summed E-state index contributed by atoms with van der Waals surface area (Å²) in [6, 6.07) is 22.6. The van der Waals surface area contributed by atoms with Gasteiger partial charge in [0.25, 0.3) is 0 Å². The van der Waals surface area contributed by atoms with Gasteiger partial charge in [0.2, 0.25) is 0 Å². The zero-order valence-electron chi connectivity index (χ0n) is 19.3. The molecule has 0 aliphatic heterocycles. The van der Waals surface area contributed by atoms with Gasteiger partial charge in [-0.15, -0.1) is 0 Å². The maximum Gasteiger partial charge on any atom is 0.0435 e. The number of hydrogen-bond acceptors (Lipinski definition) is 0. The number of fused-ring (bicyclic) bond motifs is 3. The molecule has 1 aliphatic rings. The van der Waals surface area contributed by atoms with E-state index in [-0.39, 0.29) is 16.2 Å². The predicted molar refractivity (Wildman–Crippen MR) is 126 cm³/mol. The summed E-state index contributed by atoms with van der Waals surface area (Å²) < 4.78 is 0. The van der Waals surface area contributed by atoms with Crippen molar-refractivity contribution < 1.29 is 0 Å². The van der Waals surface area contributed by atoms with Gasteiger partial charge in [-0.1, -0.05) is 102 Å². The fourth-order valence-corrected chi connectivity index (χ4v) is 5.48. The molecule has 3 aromatic carbocycles. The van der Waals surface area contributed by atoms with E-state index in [1.165, 1.54) is 44.5 Å². The molecule has 1 unspecified atom stereocenters. The Kier molecular flexibility index (Phi) is 4.35. The summed E-state index contributed by atoms with van der Waals surface area (Å²) in [5, 5.41) is 0. The van der Waals surface area contributed by atoms with Gasteiger partial charge in [-0.2, -0.15) is 0 Å². The highest BCUT2D eigenvalue weighted by Gasteiger charge is 2.43. The SMILES string of the molecule is Cc1c2c(cc(C(C)(C)C)c1C(C)(C)C)C(C)(c1ccccc1)c1ccccc1-2. The molecule has 0 amide bonds. The van der Waals surface area contributed by atoms with Crippen LogP contribution in [0.2, 0.25) is 0 Å². The maximum atomic E-state index is 2.54. The van der Waals surface area contributed by atoms with Crippen molar-refractivity contribution in [3.05, 3.63) is 94.0 Å². The van der Waals surface area contributed by atoms with Crippen molar-refractivity contribution in [2.45, 2.75) is 71.6 Å². The van der Waals surface area contributed by atoms with E-state index < -0.39 is 0 Å². The third kappa shape index (κ3) is 2.88. The van der Waals surface area contributed by atoms with Crippen LogP contribution in [0.15, 0.2) is 60.7 Å². The van der Waals surface area contributed by atoms with Crippen LogP contribution in [-0.2, 0) is 16.2 Å². The first-order valence-electron chi connectivity index (χ1n) is 10.8. The van der Waals surface area contributed by atoms with Crippen LogP contribution in [0, 0.1) is 6.92 Å². The molecule has 0 radical (unpaired) electrons. The molecule has 29 heavy (non-hydrogen) atoms. The van der Waals surface area contributed by atoms with Gasteiger partial charge < -0.3 is 0 Å². The van der Waals surface area contributed by atoms with Crippen LogP contribution in [0.5, 0.6) is 0 Å². The zero-order valence-corrected chi connectivity index (χ0v) is 19.3. The summed E-state index contributed by atoms with van der Waals surface area (Å²) in [6.07, 6.45) is 0. The molecular formula is C29H34. The molecule has 0 heterocycles. The van der Waals surface area contributed by atoms with Crippen molar-refractivity contribution in [2.24, 2.45) is 0 Å². The molecular weight excluding hydrogens is 348 g/mol. The molecule has 0 spiro atoms. The number of hydrogen-bond donors (Lipinski definition) is 0. The van der Waals surface area contributed by atoms with Crippen molar-refractivity contribution in [1.29, 1.82) is 0 Å². The van der Waals surface area contributed by atoms with Crippen molar-refractivity contribution in [3.63, 3.8) is 0 Å². The minimum atomic E-state index is -0.131. The Hall–Kier alpha value is -2.34. The molecule has 0 N–H and O–H groups in total. The van der Waals surface area contributed by atoms with Gasteiger partial charge in [0, 0.05) is 5.41 Å². The van der Waals surface area contributed by atoms with Crippen molar-refractivity contribution in [1.82, 2.24) is 0 Å². The van der Waals surface area contributed by atoms with E-state index in [0.29, 0.717) is 0 Å². The molecule has 0 fully saturated rings. The Morgan fingerprint density at radius 3 is 1.86 bits per heavy atom. The zero-order chi connectivity index (χ0) is 21.2. The third-order valence-electron chi connectivity index (χ3n) is 6.76. The molecule has 4 rings (SSSR count). The average Bonchev–Trinajstić information content (AvgIpc) is 2.91. The number of benzene rings is 3. The average molecular weight is 383 g/mol.